The molecule has 1 aliphatic rings. The number of nitrogens with one attached hydrogen (secondary N) is 1. The third-order valence-corrected chi connectivity index (χ3v) is 4.01. The fourth-order valence-corrected chi connectivity index (χ4v) is 2.74. The van der Waals surface area contributed by atoms with Gasteiger partial charge in [0.25, 0.3) is 5.91 Å². The van der Waals surface area contributed by atoms with Crippen LogP contribution in [-0.4, -0.2) is 28.2 Å². The Morgan fingerprint density at radius 2 is 2.00 bits per heavy atom. The van der Waals surface area contributed by atoms with Crippen molar-refractivity contribution in [3.8, 4) is 0 Å². The van der Waals surface area contributed by atoms with Crippen molar-refractivity contribution in [2.24, 2.45) is 0 Å². The Balaban J connectivity index is 1.66. The van der Waals surface area contributed by atoms with Gasteiger partial charge in [-0.2, -0.15) is 0 Å². The highest BCUT2D eigenvalue weighted by Gasteiger charge is 2.20. The fourth-order valence-electron chi connectivity index (χ4n) is 2.74. The molecule has 0 bridgehead atoms. The van der Waals surface area contributed by atoms with Crippen LogP contribution in [0.15, 0.2) is 48.8 Å². The highest BCUT2D eigenvalue weighted by molar-refractivity contribution is 5.93. The zero-order valence-corrected chi connectivity index (χ0v) is 12.9. The molecule has 0 atom stereocenters. The predicted octanol–water partition coefficient (Wildman–Crippen LogP) is 2.13. The average Bonchev–Trinajstić information content (AvgIpc) is 2.99. The van der Waals surface area contributed by atoms with Crippen molar-refractivity contribution in [1.29, 1.82) is 0 Å². The molecule has 118 valence electrons. The normalized spacial score (nSPS) is 14.1. The molecule has 1 aliphatic heterocycles. The lowest BCUT2D eigenvalue weighted by molar-refractivity contribution is -0.128. The lowest BCUT2D eigenvalue weighted by Crippen LogP contribution is -2.26. The van der Waals surface area contributed by atoms with E-state index in [0.29, 0.717) is 25.1 Å². The zero-order chi connectivity index (χ0) is 16.1. The molecule has 1 fully saturated rings. The van der Waals surface area contributed by atoms with E-state index >= 15 is 0 Å². The summed E-state index contributed by atoms with van der Waals surface area (Å²) in [5, 5.41) is 2.91. The molecular formula is C18H19N3O2. The Hall–Kier alpha value is -2.69. The lowest BCUT2D eigenvalue weighted by Gasteiger charge is -2.18. The second kappa shape index (κ2) is 7.05. The van der Waals surface area contributed by atoms with Crippen LogP contribution in [0.2, 0.25) is 0 Å². The van der Waals surface area contributed by atoms with Crippen LogP contribution in [0.1, 0.15) is 34.3 Å². The van der Waals surface area contributed by atoms with Crippen LogP contribution in [0.25, 0.3) is 0 Å². The molecule has 2 heterocycles. The van der Waals surface area contributed by atoms with Crippen molar-refractivity contribution >= 4 is 11.8 Å². The number of benzene rings is 1. The average molecular weight is 309 g/mol. The van der Waals surface area contributed by atoms with Gasteiger partial charge in [0.2, 0.25) is 5.91 Å². The van der Waals surface area contributed by atoms with Gasteiger partial charge in [0.05, 0.1) is 5.56 Å². The maximum absolute atomic E-state index is 12.1. The van der Waals surface area contributed by atoms with Crippen LogP contribution in [0.5, 0.6) is 0 Å². The van der Waals surface area contributed by atoms with Crippen LogP contribution < -0.4 is 5.32 Å². The topological polar surface area (TPSA) is 62.3 Å². The van der Waals surface area contributed by atoms with Gasteiger partial charge in [-0.3, -0.25) is 14.6 Å². The molecule has 1 N–H and O–H groups in total. The largest absolute Gasteiger partial charge is 0.348 e. The summed E-state index contributed by atoms with van der Waals surface area (Å²) in [5.41, 5.74) is 2.65. The first-order valence-electron chi connectivity index (χ1n) is 7.77. The summed E-state index contributed by atoms with van der Waals surface area (Å²) < 4.78 is 0. The second-order valence-corrected chi connectivity index (χ2v) is 5.61. The number of nitrogens with zero attached hydrogens (tertiary/aromatic N) is 2. The molecule has 5 heteroatoms. The molecule has 1 aromatic heterocycles. The zero-order valence-electron chi connectivity index (χ0n) is 12.9. The van der Waals surface area contributed by atoms with E-state index in [1.54, 1.807) is 24.5 Å². The lowest BCUT2D eigenvalue weighted by atomic mass is 10.1. The quantitative estimate of drug-likeness (QED) is 0.920. The van der Waals surface area contributed by atoms with E-state index in [1.165, 1.54) is 0 Å². The van der Waals surface area contributed by atoms with Crippen LogP contribution in [0.3, 0.4) is 0 Å². The Morgan fingerprint density at radius 1 is 1.17 bits per heavy atom. The molecule has 3 rings (SSSR count). The van der Waals surface area contributed by atoms with E-state index in [9.17, 15) is 9.59 Å². The third kappa shape index (κ3) is 3.74. The Bertz CT molecular complexity index is 700. The smallest absolute Gasteiger partial charge is 0.253 e. The number of amides is 2. The summed E-state index contributed by atoms with van der Waals surface area (Å²) in [7, 11) is 0. The number of carbonyl (C=O) groups excluding carboxylic acids is 2. The molecule has 5 nitrogen and oxygen atoms in total. The number of carbonyl (C=O) groups is 2. The van der Waals surface area contributed by atoms with Gasteiger partial charge in [0.15, 0.2) is 0 Å². The van der Waals surface area contributed by atoms with E-state index in [1.807, 2.05) is 29.2 Å². The first-order valence-corrected chi connectivity index (χ1v) is 7.77. The Morgan fingerprint density at radius 3 is 2.70 bits per heavy atom. The number of aromatic nitrogens is 1. The van der Waals surface area contributed by atoms with Gasteiger partial charge in [-0.25, -0.2) is 0 Å². The number of hydrogen-bond donors (Lipinski definition) is 1. The van der Waals surface area contributed by atoms with Crippen molar-refractivity contribution in [2.45, 2.75) is 25.9 Å². The fraction of sp³-hybridized carbons (Fsp3) is 0.278. The van der Waals surface area contributed by atoms with Crippen LogP contribution in [0.4, 0.5) is 0 Å². The molecule has 2 aromatic rings. The summed E-state index contributed by atoms with van der Waals surface area (Å²) in [6, 6.07) is 11.4. The molecule has 0 aliphatic carbocycles. The molecule has 0 saturated carbocycles. The summed E-state index contributed by atoms with van der Waals surface area (Å²) in [6.07, 6.45) is 4.75. The molecule has 0 radical (unpaired) electrons. The molecular weight excluding hydrogens is 290 g/mol. The van der Waals surface area contributed by atoms with Gasteiger partial charge < -0.3 is 10.2 Å². The van der Waals surface area contributed by atoms with Gasteiger partial charge in [-0.1, -0.05) is 24.3 Å². The highest BCUT2D eigenvalue weighted by atomic mass is 16.2. The van der Waals surface area contributed by atoms with Crippen LogP contribution in [-0.2, 0) is 17.9 Å². The summed E-state index contributed by atoms with van der Waals surface area (Å²) in [6.45, 7) is 1.86. The maximum Gasteiger partial charge on any atom is 0.253 e. The van der Waals surface area contributed by atoms with Gasteiger partial charge in [0.1, 0.15) is 0 Å². The molecule has 1 aromatic carbocycles. The van der Waals surface area contributed by atoms with Crippen molar-refractivity contribution in [3.63, 3.8) is 0 Å². The number of rotatable bonds is 5. The van der Waals surface area contributed by atoms with Crippen molar-refractivity contribution in [2.75, 3.05) is 6.54 Å². The standard InChI is InChI=1S/C18H19N3O2/c22-17-8-4-10-21(17)13-16-6-2-1-5-14(16)12-20-18(23)15-7-3-9-19-11-15/h1-3,5-7,9,11H,4,8,10,12-13H2,(H,20,23). The van der Waals surface area contributed by atoms with E-state index in [0.717, 1.165) is 24.1 Å². The van der Waals surface area contributed by atoms with E-state index in [-0.39, 0.29) is 11.8 Å². The van der Waals surface area contributed by atoms with Crippen molar-refractivity contribution < 1.29 is 9.59 Å². The monoisotopic (exact) mass is 309 g/mol. The molecule has 2 amide bonds. The van der Waals surface area contributed by atoms with Crippen LogP contribution >= 0.6 is 0 Å². The Labute approximate surface area is 135 Å². The first-order chi connectivity index (χ1) is 11.2. The Kier molecular flexibility index (Phi) is 4.66. The minimum absolute atomic E-state index is 0.148. The predicted molar refractivity (Wildman–Crippen MR) is 86.5 cm³/mol. The molecule has 23 heavy (non-hydrogen) atoms. The maximum atomic E-state index is 12.1. The SMILES string of the molecule is O=C(NCc1ccccc1CN1CCCC1=O)c1cccnc1. The molecule has 1 saturated heterocycles. The van der Waals surface area contributed by atoms with Gasteiger partial charge in [-0.05, 0) is 29.7 Å². The minimum atomic E-state index is -0.148. The van der Waals surface area contributed by atoms with Crippen LogP contribution in [0, 0.1) is 0 Å². The van der Waals surface area contributed by atoms with Crippen molar-refractivity contribution in [3.05, 3.63) is 65.5 Å². The summed E-state index contributed by atoms with van der Waals surface area (Å²) in [5.74, 6) is 0.0596. The van der Waals surface area contributed by atoms with E-state index in [2.05, 4.69) is 10.3 Å². The number of hydrogen-bond acceptors (Lipinski definition) is 3. The number of likely N-dealkylation sites (tertiary alicyclic amines) is 1. The third-order valence-electron chi connectivity index (χ3n) is 4.01. The molecule has 0 spiro atoms. The summed E-state index contributed by atoms with van der Waals surface area (Å²) >= 11 is 0. The summed E-state index contributed by atoms with van der Waals surface area (Å²) in [4.78, 5) is 29.7. The minimum Gasteiger partial charge on any atom is -0.348 e. The second-order valence-electron chi connectivity index (χ2n) is 5.61. The van der Waals surface area contributed by atoms with E-state index in [4.69, 9.17) is 0 Å². The van der Waals surface area contributed by atoms with E-state index < -0.39 is 0 Å². The highest BCUT2D eigenvalue weighted by Crippen LogP contribution is 2.17. The van der Waals surface area contributed by atoms with Gasteiger partial charge in [-0.15, -0.1) is 0 Å². The number of pyridine rings is 1. The molecule has 0 unspecified atom stereocenters. The first kappa shape index (κ1) is 15.2. The van der Waals surface area contributed by atoms with Gasteiger partial charge in [0, 0.05) is 38.4 Å². The van der Waals surface area contributed by atoms with Crippen molar-refractivity contribution in [1.82, 2.24) is 15.2 Å². The van der Waals surface area contributed by atoms with Gasteiger partial charge >= 0.3 is 0 Å².